The van der Waals surface area contributed by atoms with Gasteiger partial charge in [-0.15, -0.1) is 0 Å². The summed E-state index contributed by atoms with van der Waals surface area (Å²) in [6, 6.07) is 7.68. The van der Waals surface area contributed by atoms with Crippen LogP contribution < -0.4 is 0 Å². The van der Waals surface area contributed by atoms with Gasteiger partial charge in [-0.25, -0.2) is 0 Å². The molecule has 0 saturated carbocycles. The van der Waals surface area contributed by atoms with E-state index < -0.39 is 0 Å². The molecule has 1 aromatic carbocycles. The first kappa shape index (κ1) is 6.30. The highest BCUT2D eigenvalue weighted by atomic mass is 16.3. The fourth-order valence-electron chi connectivity index (χ4n) is 0.750. The Morgan fingerprint density at radius 3 is 2.67 bits per heavy atom. The number of aliphatic hydroxyl groups excluding tert-OH is 1. The third kappa shape index (κ3) is 1.54. The minimum atomic E-state index is 0.856. The minimum Gasteiger partial charge on any atom is -0.385 e. The lowest BCUT2D eigenvalue weighted by atomic mass is 10.1. The van der Waals surface area contributed by atoms with Crippen molar-refractivity contribution in [3.63, 3.8) is 0 Å². The van der Waals surface area contributed by atoms with Crippen molar-refractivity contribution in [2.75, 3.05) is 0 Å². The van der Waals surface area contributed by atoms with E-state index in [-0.39, 0.29) is 0 Å². The van der Waals surface area contributed by atoms with Crippen LogP contribution in [0, 0.1) is 13.5 Å². The van der Waals surface area contributed by atoms with Gasteiger partial charge in [-0.1, -0.05) is 29.8 Å². The predicted octanol–water partition coefficient (Wildman–Crippen LogP) is 1.88. The summed E-state index contributed by atoms with van der Waals surface area (Å²) < 4.78 is 0. The molecule has 0 atom stereocenters. The average Bonchev–Trinajstić information content (AvgIpc) is 1.88. The Labute approximate surface area is 55.0 Å². The van der Waals surface area contributed by atoms with Crippen molar-refractivity contribution >= 4 is 0 Å². The first-order valence-electron chi connectivity index (χ1n) is 2.87. The number of hydrogen-bond donors (Lipinski definition) is 1. The van der Waals surface area contributed by atoms with E-state index in [1.54, 1.807) is 0 Å². The second kappa shape index (κ2) is 2.65. The summed E-state index contributed by atoms with van der Waals surface area (Å²) in [6.45, 7) is 3.10. The van der Waals surface area contributed by atoms with Gasteiger partial charge < -0.3 is 5.11 Å². The third-order valence-electron chi connectivity index (χ3n) is 1.19. The molecule has 1 radical (unpaired) electrons. The van der Waals surface area contributed by atoms with Gasteiger partial charge in [-0.2, -0.15) is 0 Å². The molecule has 0 aliphatic carbocycles. The zero-order chi connectivity index (χ0) is 6.69. The minimum absolute atomic E-state index is 0.856. The molecule has 1 N–H and O–H groups in total. The smallest absolute Gasteiger partial charge is 0.109 e. The summed E-state index contributed by atoms with van der Waals surface area (Å²) >= 11 is 0. The van der Waals surface area contributed by atoms with Crippen LogP contribution in [0.5, 0.6) is 0 Å². The molecule has 0 fully saturated rings. The van der Waals surface area contributed by atoms with E-state index in [1.165, 1.54) is 0 Å². The Balaban J connectivity index is 2.94. The molecule has 0 amide bonds. The number of benzene rings is 1. The van der Waals surface area contributed by atoms with Gasteiger partial charge in [0.05, 0.1) is 0 Å². The molecule has 1 nitrogen and oxygen atoms in total. The van der Waals surface area contributed by atoms with Crippen molar-refractivity contribution in [1.82, 2.24) is 0 Å². The second-order valence-corrected chi connectivity index (χ2v) is 2.04. The van der Waals surface area contributed by atoms with Crippen LogP contribution >= 0.6 is 0 Å². The molecule has 0 spiro atoms. The van der Waals surface area contributed by atoms with Crippen molar-refractivity contribution in [3.8, 4) is 0 Å². The van der Waals surface area contributed by atoms with E-state index in [9.17, 15) is 0 Å². The van der Waals surface area contributed by atoms with Crippen molar-refractivity contribution < 1.29 is 5.11 Å². The molecular weight excluding hydrogens is 112 g/mol. The number of aliphatic hydroxyl groups is 1. The SMILES string of the molecule is Cc1cccc([CH]O)c1. The van der Waals surface area contributed by atoms with Gasteiger partial charge in [0.1, 0.15) is 6.61 Å². The fourth-order valence-corrected chi connectivity index (χ4v) is 0.750. The maximum Gasteiger partial charge on any atom is 0.109 e. The Kier molecular flexibility index (Phi) is 1.85. The largest absolute Gasteiger partial charge is 0.385 e. The topological polar surface area (TPSA) is 20.2 Å². The van der Waals surface area contributed by atoms with E-state index in [0.29, 0.717) is 0 Å². The predicted molar refractivity (Wildman–Crippen MR) is 36.5 cm³/mol. The van der Waals surface area contributed by atoms with Crippen molar-refractivity contribution in [2.24, 2.45) is 0 Å². The summed E-state index contributed by atoms with van der Waals surface area (Å²) in [4.78, 5) is 0. The summed E-state index contributed by atoms with van der Waals surface area (Å²) in [7, 11) is 0. The molecule has 0 aliphatic heterocycles. The monoisotopic (exact) mass is 121 g/mol. The molecule has 0 aliphatic rings. The number of aryl methyl sites for hydroxylation is 1. The van der Waals surface area contributed by atoms with Gasteiger partial charge in [0.2, 0.25) is 0 Å². The molecule has 0 unspecified atom stereocenters. The van der Waals surface area contributed by atoms with Gasteiger partial charge in [0.15, 0.2) is 0 Å². The quantitative estimate of drug-likeness (QED) is 0.601. The van der Waals surface area contributed by atoms with Crippen molar-refractivity contribution in [1.29, 1.82) is 0 Å². The Bertz CT molecular complexity index is 194. The fraction of sp³-hybridized carbons (Fsp3) is 0.125. The third-order valence-corrected chi connectivity index (χ3v) is 1.19. The lowest BCUT2D eigenvalue weighted by Gasteiger charge is -1.94. The highest BCUT2D eigenvalue weighted by Gasteiger charge is 1.87. The molecule has 0 saturated heterocycles. The highest BCUT2D eigenvalue weighted by molar-refractivity contribution is 5.25. The maximum absolute atomic E-state index is 8.54. The van der Waals surface area contributed by atoms with Crippen LogP contribution in [0.1, 0.15) is 11.1 Å². The second-order valence-electron chi connectivity index (χ2n) is 2.04. The van der Waals surface area contributed by atoms with Crippen LogP contribution in [0.2, 0.25) is 0 Å². The summed E-state index contributed by atoms with van der Waals surface area (Å²) in [5.41, 5.74) is 2.02. The molecule has 1 rings (SSSR count). The Morgan fingerprint density at radius 1 is 1.44 bits per heavy atom. The molecule has 47 valence electrons. The summed E-state index contributed by atoms with van der Waals surface area (Å²) in [5.74, 6) is 0. The van der Waals surface area contributed by atoms with Crippen LogP contribution in [0.15, 0.2) is 24.3 Å². The van der Waals surface area contributed by atoms with Crippen LogP contribution in [0.3, 0.4) is 0 Å². The Hall–Kier alpha value is -0.820. The summed E-state index contributed by atoms with van der Waals surface area (Å²) in [6.07, 6.45) is 0. The molecule has 1 heteroatoms. The van der Waals surface area contributed by atoms with Crippen LogP contribution in [0.25, 0.3) is 0 Å². The van der Waals surface area contributed by atoms with Gasteiger partial charge in [0.25, 0.3) is 0 Å². The van der Waals surface area contributed by atoms with Crippen molar-refractivity contribution in [3.05, 3.63) is 42.0 Å². The lowest BCUT2D eigenvalue weighted by molar-refractivity contribution is 0.415. The van der Waals surface area contributed by atoms with E-state index in [2.05, 4.69) is 0 Å². The molecule has 0 bridgehead atoms. The molecule has 0 heterocycles. The number of rotatable bonds is 1. The molecular formula is C8H9O. The molecule has 9 heavy (non-hydrogen) atoms. The first-order chi connectivity index (χ1) is 4.33. The van der Waals surface area contributed by atoms with E-state index >= 15 is 0 Å². The Morgan fingerprint density at radius 2 is 2.22 bits per heavy atom. The molecule has 1 aromatic rings. The first-order valence-corrected chi connectivity index (χ1v) is 2.87. The summed E-state index contributed by atoms with van der Waals surface area (Å²) in [5, 5.41) is 8.54. The highest BCUT2D eigenvalue weighted by Crippen LogP contribution is 2.03. The lowest BCUT2D eigenvalue weighted by Crippen LogP contribution is -1.79. The van der Waals surface area contributed by atoms with Gasteiger partial charge in [-0.05, 0) is 12.5 Å². The normalized spacial score (nSPS) is 9.56. The zero-order valence-electron chi connectivity index (χ0n) is 5.33. The standard InChI is InChI=1S/C8H9O/c1-7-3-2-4-8(5-7)6-9/h2-6,9H,1H3. The van der Waals surface area contributed by atoms with Gasteiger partial charge in [0, 0.05) is 0 Å². The van der Waals surface area contributed by atoms with E-state index in [4.69, 9.17) is 5.11 Å². The average molecular weight is 121 g/mol. The van der Waals surface area contributed by atoms with E-state index in [1.807, 2.05) is 31.2 Å². The molecule has 0 aromatic heterocycles. The van der Waals surface area contributed by atoms with Gasteiger partial charge in [-0.3, -0.25) is 0 Å². The van der Waals surface area contributed by atoms with Crippen molar-refractivity contribution in [2.45, 2.75) is 6.92 Å². The maximum atomic E-state index is 8.54. The number of hydrogen-bond acceptors (Lipinski definition) is 1. The zero-order valence-corrected chi connectivity index (χ0v) is 5.33. The van der Waals surface area contributed by atoms with Crippen LogP contribution in [-0.2, 0) is 0 Å². The van der Waals surface area contributed by atoms with Gasteiger partial charge >= 0.3 is 0 Å². The van der Waals surface area contributed by atoms with E-state index in [0.717, 1.165) is 17.7 Å². The van der Waals surface area contributed by atoms with Crippen LogP contribution in [0.4, 0.5) is 0 Å². The van der Waals surface area contributed by atoms with Crippen LogP contribution in [-0.4, -0.2) is 5.11 Å².